The Hall–Kier alpha value is -3.09. The standard InChI is InChI=1S/C20H18F3N3O/c1-3-26(17-12-8-7-9-14(17)2)19-24-13-16(20(21,22)23)18(25-19)27-15-10-5-4-6-11-15/h4-13H,3H2,1-2H3. The summed E-state index contributed by atoms with van der Waals surface area (Å²) in [7, 11) is 0. The van der Waals surface area contributed by atoms with Gasteiger partial charge in [-0.25, -0.2) is 4.98 Å². The topological polar surface area (TPSA) is 38.2 Å². The van der Waals surface area contributed by atoms with Gasteiger partial charge in [-0.15, -0.1) is 0 Å². The quantitative estimate of drug-likeness (QED) is 0.570. The third-order valence-corrected chi connectivity index (χ3v) is 3.97. The van der Waals surface area contributed by atoms with Gasteiger partial charge in [-0.3, -0.25) is 0 Å². The van der Waals surface area contributed by atoms with E-state index < -0.39 is 17.6 Å². The molecule has 0 spiro atoms. The van der Waals surface area contributed by atoms with Crippen molar-refractivity contribution in [3.8, 4) is 11.6 Å². The number of nitrogens with zero attached hydrogens (tertiary/aromatic N) is 3. The largest absolute Gasteiger partial charge is 0.438 e. The van der Waals surface area contributed by atoms with Crippen molar-refractivity contribution in [2.45, 2.75) is 20.0 Å². The van der Waals surface area contributed by atoms with Gasteiger partial charge in [0.1, 0.15) is 11.3 Å². The van der Waals surface area contributed by atoms with Crippen LogP contribution in [0.5, 0.6) is 11.6 Å². The van der Waals surface area contributed by atoms with Gasteiger partial charge in [-0.2, -0.15) is 18.2 Å². The molecule has 140 valence electrons. The molecule has 0 saturated carbocycles. The summed E-state index contributed by atoms with van der Waals surface area (Å²) in [5, 5.41) is 0. The molecule has 0 unspecified atom stereocenters. The molecule has 7 heteroatoms. The van der Waals surface area contributed by atoms with Gasteiger partial charge in [-0.1, -0.05) is 36.4 Å². The molecule has 0 bridgehead atoms. The fourth-order valence-electron chi connectivity index (χ4n) is 2.65. The van der Waals surface area contributed by atoms with E-state index in [9.17, 15) is 13.2 Å². The highest BCUT2D eigenvalue weighted by Gasteiger charge is 2.37. The van der Waals surface area contributed by atoms with Crippen molar-refractivity contribution in [1.82, 2.24) is 9.97 Å². The summed E-state index contributed by atoms with van der Waals surface area (Å²) in [6.07, 6.45) is -3.86. The van der Waals surface area contributed by atoms with Gasteiger partial charge in [0, 0.05) is 18.4 Å². The lowest BCUT2D eigenvalue weighted by Gasteiger charge is -2.24. The average molecular weight is 373 g/mol. The van der Waals surface area contributed by atoms with Crippen molar-refractivity contribution in [2.75, 3.05) is 11.4 Å². The van der Waals surface area contributed by atoms with E-state index in [-0.39, 0.29) is 11.7 Å². The van der Waals surface area contributed by atoms with Crippen LogP contribution >= 0.6 is 0 Å². The maximum atomic E-state index is 13.4. The second kappa shape index (κ2) is 7.65. The van der Waals surface area contributed by atoms with E-state index in [0.717, 1.165) is 17.4 Å². The number of ether oxygens (including phenoxy) is 1. The molecule has 0 aliphatic carbocycles. The van der Waals surface area contributed by atoms with Gasteiger partial charge in [0.15, 0.2) is 0 Å². The van der Waals surface area contributed by atoms with Gasteiger partial charge in [0.25, 0.3) is 0 Å². The molecule has 27 heavy (non-hydrogen) atoms. The Morgan fingerprint density at radius 2 is 1.67 bits per heavy atom. The first-order valence-electron chi connectivity index (χ1n) is 8.40. The Morgan fingerprint density at radius 3 is 2.30 bits per heavy atom. The van der Waals surface area contributed by atoms with E-state index in [4.69, 9.17) is 4.74 Å². The Morgan fingerprint density at radius 1 is 1.00 bits per heavy atom. The first-order chi connectivity index (χ1) is 12.9. The Kier molecular flexibility index (Phi) is 5.30. The molecule has 2 aromatic carbocycles. The summed E-state index contributed by atoms with van der Waals surface area (Å²) in [6, 6.07) is 15.8. The van der Waals surface area contributed by atoms with Crippen LogP contribution < -0.4 is 9.64 Å². The third-order valence-electron chi connectivity index (χ3n) is 3.97. The van der Waals surface area contributed by atoms with E-state index in [1.165, 1.54) is 0 Å². The molecule has 1 aromatic heterocycles. The number of hydrogen-bond acceptors (Lipinski definition) is 4. The van der Waals surface area contributed by atoms with Crippen LogP contribution in [0.2, 0.25) is 0 Å². The van der Waals surface area contributed by atoms with Crippen molar-refractivity contribution in [1.29, 1.82) is 0 Å². The second-order valence-corrected chi connectivity index (χ2v) is 5.83. The summed E-state index contributed by atoms with van der Waals surface area (Å²) >= 11 is 0. The molecule has 0 aliphatic heterocycles. The SMILES string of the molecule is CCN(c1ncc(C(F)(F)F)c(Oc2ccccc2)n1)c1ccccc1C. The highest BCUT2D eigenvalue weighted by atomic mass is 19.4. The molecule has 3 aromatic rings. The van der Waals surface area contributed by atoms with Crippen LogP contribution in [0.3, 0.4) is 0 Å². The molecule has 0 saturated heterocycles. The van der Waals surface area contributed by atoms with Crippen molar-refractivity contribution in [2.24, 2.45) is 0 Å². The molecule has 0 radical (unpaired) electrons. The second-order valence-electron chi connectivity index (χ2n) is 5.83. The number of halogens is 3. The number of anilines is 2. The molecule has 3 rings (SSSR count). The molecule has 0 fully saturated rings. The van der Waals surface area contributed by atoms with Crippen LogP contribution in [0.15, 0.2) is 60.8 Å². The third kappa shape index (κ3) is 4.19. The van der Waals surface area contributed by atoms with Crippen molar-refractivity contribution >= 4 is 11.6 Å². The number of aromatic nitrogens is 2. The zero-order chi connectivity index (χ0) is 19.4. The monoisotopic (exact) mass is 373 g/mol. The summed E-state index contributed by atoms with van der Waals surface area (Å²) < 4.78 is 45.6. The number of aryl methyl sites for hydroxylation is 1. The van der Waals surface area contributed by atoms with Gasteiger partial charge < -0.3 is 9.64 Å². The van der Waals surface area contributed by atoms with Gasteiger partial charge >= 0.3 is 6.18 Å². The number of para-hydroxylation sites is 2. The van der Waals surface area contributed by atoms with Crippen molar-refractivity contribution < 1.29 is 17.9 Å². The van der Waals surface area contributed by atoms with E-state index in [1.54, 1.807) is 35.2 Å². The maximum absolute atomic E-state index is 13.4. The number of rotatable bonds is 5. The number of hydrogen-bond donors (Lipinski definition) is 0. The summed E-state index contributed by atoms with van der Waals surface area (Å²) in [5.41, 5.74) is 0.773. The predicted octanol–water partition coefficient (Wildman–Crippen LogP) is 5.75. The first-order valence-corrected chi connectivity index (χ1v) is 8.40. The molecule has 0 atom stereocenters. The van der Waals surface area contributed by atoms with E-state index in [2.05, 4.69) is 9.97 Å². The first kappa shape index (κ1) is 18.7. The number of benzene rings is 2. The lowest BCUT2D eigenvalue weighted by atomic mass is 10.2. The maximum Gasteiger partial charge on any atom is 0.423 e. The molecule has 4 nitrogen and oxygen atoms in total. The van der Waals surface area contributed by atoms with E-state index >= 15 is 0 Å². The summed E-state index contributed by atoms with van der Waals surface area (Å²) in [6.45, 7) is 4.29. The van der Waals surface area contributed by atoms with E-state index in [1.807, 2.05) is 38.1 Å². The van der Waals surface area contributed by atoms with Crippen LogP contribution in [0.1, 0.15) is 18.1 Å². The average Bonchev–Trinajstić information content (AvgIpc) is 2.64. The lowest BCUT2D eigenvalue weighted by molar-refractivity contribution is -0.139. The summed E-state index contributed by atoms with van der Waals surface area (Å²) in [4.78, 5) is 9.79. The molecular formula is C20H18F3N3O. The smallest absolute Gasteiger partial charge is 0.423 e. The predicted molar refractivity (Wildman–Crippen MR) is 97.4 cm³/mol. The van der Waals surface area contributed by atoms with Gasteiger partial charge in [-0.05, 0) is 37.6 Å². The highest BCUT2D eigenvalue weighted by Crippen LogP contribution is 2.38. The van der Waals surface area contributed by atoms with E-state index in [0.29, 0.717) is 6.54 Å². The van der Waals surface area contributed by atoms with Crippen LogP contribution in [-0.2, 0) is 6.18 Å². The van der Waals surface area contributed by atoms with Crippen molar-refractivity contribution in [3.05, 3.63) is 71.9 Å². The minimum Gasteiger partial charge on any atom is -0.438 e. The fourth-order valence-corrected chi connectivity index (χ4v) is 2.65. The van der Waals surface area contributed by atoms with Crippen LogP contribution in [-0.4, -0.2) is 16.5 Å². The Balaban J connectivity index is 2.07. The normalized spacial score (nSPS) is 11.3. The van der Waals surface area contributed by atoms with Crippen molar-refractivity contribution in [3.63, 3.8) is 0 Å². The van der Waals surface area contributed by atoms with Crippen LogP contribution in [0, 0.1) is 6.92 Å². The molecule has 1 heterocycles. The molecule has 0 N–H and O–H groups in total. The molecule has 0 aliphatic rings. The minimum atomic E-state index is -4.62. The Bertz CT molecular complexity index is 914. The zero-order valence-corrected chi connectivity index (χ0v) is 14.9. The lowest BCUT2D eigenvalue weighted by Crippen LogP contribution is -2.21. The Labute approximate surface area is 155 Å². The molecular weight excluding hydrogens is 355 g/mol. The zero-order valence-electron chi connectivity index (χ0n) is 14.9. The molecule has 0 amide bonds. The summed E-state index contributed by atoms with van der Waals surface area (Å²) in [5.74, 6) is -0.108. The highest BCUT2D eigenvalue weighted by molar-refractivity contribution is 5.61. The van der Waals surface area contributed by atoms with Crippen LogP contribution in [0.25, 0.3) is 0 Å². The van der Waals surface area contributed by atoms with Gasteiger partial charge in [0.2, 0.25) is 11.8 Å². The fraction of sp³-hybridized carbons (Fsp3) is 0.200. The van der Waals surface area contributed by atoms with Crippen LogP contribution in [0.4, 0.5) is 24.8 Å². The van der Waals surface area contributed by atoms with Gasteiger partial charge in [0.05, 0.1) is 0 Å². The number of alkyl halides is 3. The minimum absolute atomic E-state index is 0.144.